The van der Waals surface area contributed by atoms with Crippen molar-refractivity contribution in [3.8, 4) is 17.2 Å². The van der Waals surface area contributed by atoms with Gasteiger partial charge in [0.2, 0.25) is 0 Å². The molecule has 0 radical (unpaired) electrons. The molecule has 2 aromatic carbocycles. The number of carbonyl (C=O) groups is 3. The van der Waals surface area contributed by atoms with Crippen LogP contribution < -0.4 is 24.4 Å². The fourth-order valence-corrected chi connectivity index (χ4v) is 3.33. The molecule has 8 nitrogen and oxygen atoms in total. The van der Waals surface area contributed by atoms with Gasteiger partial charge in [-0.3, -0.25) is 14.9 Å². The maximum Gasteiger partial charge on any atom is 0.336 e. The Hall–Kier alpha value is -3.23. The summed E-state index contributed by atoms with van der Waals surface area (Å²) in [4.78, 5) is 38.7. The van der Waals surface area contributed by atoms with Crippen molar-refractivity contribution in [2.24, 2.45) is 0 Å². The SMILES string of the molecule is COc1ccc(/C=C2/C(=O)NC(=O)N(c3cc(OC)c(Cl)cc3OC)C2=O)cc1Cl. The van der Waals surface area contributed by atoms with Gasteiger partial charge < -0.3 is 14.2 Å². The highest BCUT2D eigenvalue weighted by Crippen LogP contribution is 2.39. The van der Waals surface area contributed by atoms with Gasteiger partial charge in [0.25, 0.3) is 11.8 Å². The van der Waals surface area contributed by atoms with E-state index in [1.165, 1.54) is 45.6 Å². The van der Waals surface area contributed by atoms with Crippen molar-refractivity contribution in [1.29, 1.82) is 0 Å². The van der Waals surface area contributed by atoms with Crippen LogP contribution >= 0.6 is 23.2 Å². The van der Waals surface area contributed by atoms with E-state index >= 15 is 0 Å². The minimum atomic E-state index is -0.933. The third-order valence-corrected chi connectivity index (χ3v) is 4.87. The lowest BCUT2D eigenvalue weighted by Crippen LogP contribution is -2.54. The Labute approximate surface area is 181 Å². The second-order valence-corrected chi connectivity index (χ2v) is 6.82. The van der Waals surface area contributed by atoms with E-state index in [0.29, 0.717) is 16.3 Å². The third kappa shape index (κ3) is 3.92. The van der Waals surface area contributed by atoms with Crippen LogP contribution in [0.15, 0.2) is 35.9 Å². The first kappa shape index (κ1) is 21.5. The van der Waals surface area contributed by atoms with E-state index in [-0.39, 0.29) is 27.8 Å². The molecule has 1 aliphatic heterocycles. The maximum atomic E-state index is 13.1. The monoisotopic (exact) mass is 450 g/mol. The molecule has 0 saturated carbocycles. The first-order valence-electron chi connectivity index (χ1n) is 8.47. The molecular formula is C20H16Cl2N2O6. The Bertz CT molecular complexity index is 1080. The normalized spacial score (nSPS) is 15.3. The van der Waals surface area contributed by atoms with Crippen molar-refractivity contribution in [2.45, 2.75) is 0 Å². The van der Waals surface area contributed by atoms with Crippen LogP contribution in [-0.2, 0) is 9.59 Å². The van der Waals surface area contributed by atoms with Gasteiger partial charge in [-0.25, -0.2) is 9.69 Å². The molecule has 4 amide bonds. The topological polar surface area (TPSA) is 94.2 Å². The number of benzene rings is 2. The summed E-state index contributed by atoms with van der Waals surface area (Å²) in [5.41, 5.74) is 0.258. The number of anilines is 1. The Morgan fingerprint density at radius 1 is 0.867 bits per heavy atom. The van der Waals surface area contributed by atoms with Gasteiger partial charge in [-0.2, -0.15) is 0 Å². The molecule has 1 saturated heterocycles. The number of nitrogens with zero attached hydrogens (tertiary/aromatic N) is 1. The summed E-state index contributed by atoms with van der Waals surface area (Å²) >= 11 is 12.2. The predicted octanol–water partition coefficient (Wildman–Crippen LogP) is 3.69. The average Bonchev–Trinajstić information content (AvgIpc) is 2.71. The van der Waals surface area contributed by atoms with Crippen molar-refractivity contribution >= 4 is 52.8 Å². The van der Waals surface area contributed by atoms with Crippen LogP contribution in [0, 0.1) is 0 Å². The number of nitrogens with one attached hydrogen (secondary N) is 1. The number of halogens is 2. The standard InChI is InChI=1S/C20H16Cl2N2O6/c1-28-15-5-4-10(7-12(15)21)6-11-18(25)23-20(27)24(19(11)26)14-9-16(29-2)13(22)8-17(14)30-3/h4-9H,1-3H3,(H,23,25,27)/b11-6-. The van der Waals surface area contributed by atoms with Gasteiger partial charge >= 0.3 is 6.03 Å². The molecule has 1 heterocycles. The summed E-state index contributed by atoms with van der Waals surface area (Å²) in [5.74, 6) is -0.887. The van der Waals surface area contributed by atoms with Crippen molar-refractivity contribution < 1.29 is 28.6 Å². The molecule has 30 heavy (non-hydrogen) atoms. The van der Waals surface area contributed by atoms with Gasteiger partial charge in [-0.1, -0.05) is 29.3 Å². The van der Waals surface area contributed by atoms with E-state index in [0.717, 1.165) is 4.90 Å². The molecule has 0 spiro atoms. The maximum absolute atomic E-state index is 13.1. The number of barbiturate groups is 1. The summed E-state index contributed by atoms with van der Waals surface area (Å²) < 4.78 is 15.5. The molecule has 0 aliphatic carbocycles. The van der Waals surface area contributed by atoms with Gasteiger partial charge in [0, 0.05) is 12.1 Å². The number of urea groups is 1. The molecular weight excluding hydrogens is 435 g/mol. The fraction of sp³-hybridized carbons (Fsp3) is 0.150. The minimum absolute atomic E-state index is 0.0624. The summed E-state index contributed by atoms with van der Waals surface area (Å²) in [6.45, 7) is 0. The quantitative estimate of drug-likeness (QED) is 0.551. The second-order valence-electron chi connectivity index (χ2n) is 6.01. The molecule has 1 aliphatic rings. The summed E-state index contributed by atoms with van der Waals surface area (Å²) in [6.07, 6.45) is 1.32. The second kappa shape index (κ2) is 8.64. The van der Waals surface area contributed by atoms with Crippen LogP contribution in [0.1, 0.15) is 5.56 Å². The summed E-state index contributed by atoms with van der Waals surface area (Å²) in [7, 11) is 4.21. The number of imide groups is 2. The number of carbonyl (C=O) groups excluding carboxylic acids is 3. The largest absolute Gasteiger partial charge is 0.495 e. The lowest BCUT2D eigenvalue weighted by molar-refractivity contribution is -0.122. The van der Waals surface area contributed by atoms with Gasteiger partial charge in [0.1, 0.15) is 22.8 Å². The Morgan fingerprint density at radius 2 is 1.50 bits per heavy atom. The molecule has 2 aromatic rings. The van der Waals surface area contributed by atoms with Gasteiger partial charge in [-0.05, 0) is 23.8 Å². The van der Waals surface area contributed by atoms with E-state index in [1.54, 1.807) is 12.1 Å². The molecule has 156 valence electrons. The molecule has 0 unspecified atom stereocenters. The van der Waals surface area contributed by atoms with Gasteiger partial charge in [0.15, 0.2) is 0 Å². The molecule has 10 heteroatoms. The van der Waals surface area contributed by atoms with Crippen molar-refractivity contribution in [3.05, 3.63) is 51.5 Å². The molecule has 1 fully saturated rings. The number of rotatable bonds is 5. The Morgan fingerprint density at radius 3 is 2.10 bits per heavy atom. The highest BCUT2D eigenvalue weighted by atomic mass is 35.5. The van der Waals surface area contributed by atoms with E-state index in [1.807, 2.05) is 0 Å². The first-order valence-corrected chi connectivity index (χ1v) is 9.22. The van der Waals surface area contributed by atoms with Crippen LogP contribution in [0.25, 0.3) is 6.08 Å². The van der Waals surface area contributed by atoms with E-state index in [2.05, 4.69) is 5.32 Å². The summed E-state index contributed by atoms with van der Waals surface area (Å²) in [6, 6.07) is 6.58. The molecule has 0 aromatic heterocycles. The van der Waals surface area contributed by atoms with Crippen LogP contribution in [-0.4, -0.2) is 39.2 Å². The average molecular weight is 451 g/mol. The van der Waals surface area contributed by atoms with Crippen LogP contribution in [0.3, 0.4) is 0 Å². The Kier molecular flexibility index (Phi) is 6.19. The number of hydrogen-bond acceptors (Lipinski definition) is 6. The van der Waals surface area contributed by atoms with Crippen molar-refractivity contribution in [2.75, 3.05) is 26.2 Å². The first-order chi connectivity index (χ1) is 14.3. The Balaban J connectivity index is 2.08. The summed E-state index contributed by atoms with van der Waals surface area (Å²) in [5, 5.41) is 2.66. The molecule has 0 bridgehead atoms. The number of methoxy groups -OCH3 is 3. The van der Waals surface area contributed by atoms with Crippen LogP contribution in [0.5, 0.6) is 17.2 Å². The van der Waals surface area contributed by atoms with Crippen molar-refractivity contribution in [1.82, 2.24) is 5.32 Å². The smallest absolute Gasteiger partial charge is 0.336 e. The number of amides is 4. The van der Waals surface area contributed by atoms with Crippen LogP contribution in [0.4, 0.5) is 10.5 Å². The zero-order valence-corrected chi connectivity index (χ0v) is 17.6. The zero-order chi connectivity index (χ0) is 22.0. The third-order valence-electron chi connectivity index (χ3n) is 4.28. The highest BCUT2D eigenvalue weighted by molar-refractivity contribution is 6.40. The highest BCUT2D eigenvalue weighted by Gasteiger charge is 2.38. The fourth-order valence-electron chi connectivity index (χ4n) is 2.83. The van der Waals surface area contributed by atoms with E-state index in [4.69, 9.17) is 37.4 Å². The molecule has 1 N–H and O–H groups in total. The van der Waals surface area contributed by atoms with E-state index in [9.17, 15) is 14.4 Å². The molecule has 3 rings (SSSR count). The van der Waals surface area contributed by atoms with Crippen molar-refractivity contribution in [3.63, 3.8) is 0 Å². The number of hydrogen-bond donors (Lipinski definition) is 1. The number of ether oxygens (including phenoxy) is 3. The predicted molar refractivity (Wildman–Crippen MR) is 112 cm³/mol. The molecule has 0 atom stereocenters. The zero-order valence-electron chi connectivity index (χ0n) is 16.1. The van der Waals surface area contributed by atoms with Gasteiger partial charge in [0.05, 0.1) is 37.1 Å². The minimum Gasteiger partial charge on any atom is -0.495 e. The van der Waals surface area contributed by atoms with Gasteiger partial charge in [-0.15, -0.1) is 0 Å². The lowest BCUT2D eigenvalue weighted by atomic mass is 10.1. The van der Waals surface area contributed by atoms with Crippen LogP contribution in [0.2, 0.25) is 10.0 Å². The van der Waals surface area contributed by atoms with E-state index < -0.39 is 17.8 Å². The lowest BCUT2D eigenvalue weighted by Gasteiger charge is -2.28.